The van der Waals surface area contributed by atoms with Gasteiger partial charge in [-0.05, 0) is 44.0 Å². The number of hydrogen-bond donors (Lipinski definition) is 3. The van der Waals surface area contributed by atoms with Gasteiger partial charge in [0.1, 0.15) is 17.3 Å². The Labute approximate surface area is 322 Å². The summed E-state index contributed by atoms with van der Waals surface area (Å²) in [6.07, 6.45) is 5.66. The summed E-state index contributed by atoms with van der Waals surface area (Å²) in [5.41, 5.74) is 4.97. The number of methoxy groups -OCH3 is 1. The van der Waals surface area contributed by atoms with Crippen LogP contribution in [-0.4, -0.2) is 75.2 Å². The van der Waals surface area contributed by atoms with Crippen LogP contribution in [0, 0.1) is 0 Å². The number of imidazole rings is 1. The van der Waals surface area contributed by atoms with Crippen molar-refractivity contribution < 1.29 is 24.2 Å². The van der Waals surface area contributed by atoms with Gasteiger partial charge in [-0.2, -0.15) is 0 Å². The Bertz CT molecular complexity index is 2160. The van der Waals surface area contributed by atoms with Gasteiger partial charge in [0.15, 0.2) is 5.75 Å². The maximum atomic E-state index is 11.8. The highest BCUT2D eigenvalue weighted by Crippen LogP contribution is 2.44. The van der Waals surface area contributed by atoms with E-state index >= 15 is 0 Å². The number of aliphatic carboxylic acids is 1. The number of ether oxygens (including phenoxy) is 2. The van der Waals surface area contributed by atoms with E-state index in [4.69, 9.17) is 49.3 Å². The zero-order valence-electron chi connectivity index (χ0n) is 29.1. The number of carbonyl (C=O) groups excluding carboxylic acids is 1. The average Bonchev–Trinajstić information content (AvgIpc) is 3.77. The number of carboxylic acid groups (broad SMARTS) is 1. The molecule has 0 spiro atoms. The maximum Gasteiger partial charge on any atom is 0.320 e. The zero-order chi connectivity index (χ0) is 37.1. The standard InChI is InChI=1S/C39H39Cl3N6O5/c1-52-38-23(20-43-21-25-12-14-34(49)45-25)11-13-29(46-38)28-8-4-6-26(35(28)41)27-7-5-10-32(36(27)42)53-33-19-24(40)18-31-37(33)44-22-48(31)17-16-47-15-3-2-9-30(47)39(50)51/h4-8,10-11,13,18-19,22,25,30,43H,2-3,9,12,14-17,20-21H2,1H3,(H,45,49)(H,50,51)/t25-,30?/m1/s1. The summed E-state index contributed by atoms with van der Waals surface area (Å²) in [6, 6.07) is 18.2. The molecule has 14 heteroatoms. The second-order valence-corrected chi connectivity index (χ2v) is 14.5. The number of aromatic nitrogens is 3. The first kappa shape index (κ1) is 36.9. The van der Waals surface area contributed by atoms with E-state index in [0.29, 0.717) is 99.4 Å². The fourth-order valence-corrected chi connectivity index (χ4v) is 7.92. The zero-order valence-corrected chi connectivity index (χ0v) is 31.3. The second kappa shape index (κ2) is 16.3. The van der Waals surface area contributed by atoms with Gasteiger partial charge in [-0.1, -0.05) is 77.6 Å². The SMILES string of the molecule is COc1nc(-c2cccc(-c3cccc(Oc4cc(Cl)cc5c4ncn5CCN4CCCCC4C(=O)O)c3Cl)c2Cl)ccc1CNC[C@H]1CCC(=O)N1. The Kier molecular flexibility index (Phi) is 11.4. The molecule has 1 unspecified atom stereocenters. The van der Waals surface area contributed by atoms with E-state index < -0.39 is 12.0 Å². The third-order valence-electron chi connectivity index (χ3n) is 9.85. The van der Waals surface area contributed by atoms with Crippen LogP contribution >= 0.6 is 34.8 Å². The Morgan fingerprint density at radius 2 is 1.77 bits per heavy atom. The molecule has 1 amide bonds. The molecule has 5 aromatic rings. The Hall–Kier alpha value is -4.39. The largest absolute Gasteiger partial charge is 0.481 e. The predicted octanol–water partition coefficient (Wildman–Crippen LogP) is 7.83. The molecule has 3 N–H and O–H groups in total. The molecular weight excluding hydrogens is 739 g/mol. The minimum absolute atomic E-state index is 0.0882. The number of amides is 1. The lowest BCUT2D eigenvalue weighted by atomic mass is 10.0. The van der Waals surface area contributed by atoms with E-state index in [1.54, 1.807) is 25.6 Å². The lowest BCUT2D eigenvalue weighted by molar-refractivity contribution is -0.144. The number of pyridine rings is 1. The monoisotopic (exact) mass is 776 g/mol. The van der Waals surface area contributed by atoms with Gasteiger partial charge in [0.25, 0.3) is 0 Å². The number of likely N-dealkylation sites (tertiary alicyclic amines) is 1. The van der Waals surface area contributed by atoms with Crippen LogP contribution in [0.5, 0.6) is 17.4 Å². The number of rotatable bonds is 13. The van der Waals surface area contributed by atoms with Crippen molar-refractivity contribution in [2.75, 3.05) is 26.7 Å². The maximum absolute atomic E-state index is 11.8. The first-order valence-corrected chi connectivity index (χ1v) is 18.7. The topological polar surface area (TPSA) is 131 Å². The van der Waals surface area contributed by atoms with Crippen molar-refractivity contribution in [1.82, 2.24) is 30.1 Å². The van der Waals surface area contributed by atoms with Crippen molar-refractivity contribution in [3.63, 3.8) is 0 Å². The van der Waals surface area contributed by atoms with E-state index in [1.807, 2.05) is 58.0 Å². The first-order valence-electron chi connectivity index (χ1n) is 17.6. The van der Waals surface area contributed by atoms with Gasteiger partial charge in [-0.15, -0.1) is 0 Å². The normalized spacial score (nSPS) is 17.6. The molecule has 2 fully saturated rings. The number of piperidine rings is 1. The Morgan fingerprint density at radius 3 is 2.55 bits per heavy atom. The van der Waals surface area contributed by atoms with Crippen molar-refractivity contribution in [2.45, 2.75) is 57.3 Å². The fourth-order valence-electron chi connectivity index (χ4n) is 7.13. The van der Waals surface area contributed by atoms with Gasteiger partial charge < -0.3 is 29.8 Å². The van der Waals surface area contributed by atoms with E-state index in [0.717, 1.165) is 36.9 Å². The molecule has 2 aliphatic rings. The summed E-state index contributed by atoms with van der Waals surface area (Å²) in [5.74, 6) is 0.618. The van der Waals surface area contributed by atoms with Gasteiger partial charge in [0, 0.05) is 72.0 Å². The Balaban J connectivity index is 1.11. The van der Waals surface area contributed by atoms with Crippen LogP contribution in [0.3, 0.4) is 0 Å². The van der Waals surface area contributed by atoms with E-state index in [1.165, 1.54) is 0 Å². The Morgan fingerprint density at radius 1 is 0.981 bits per heavy atom. The van der Waals surface area contributed by atoms with E-state index in [-0.39, 0.29) is 11.9 Å². The summed E-state index contributed by atoms with van der Waals surface area (Å²) in [4.78, 5) is 34.8. The number of carbonyl (C=O) groups is 2. The molecule has 2 atom stereocenters. The molecule has 0 radical (unpaired) electrons. The average molecular weight is 778 g/mol. The molecule has 0 bridgehead atoms. The number of hydrogen-bond acceptors (Lipinski definition) is 8. The van der Waals surface area contributed by atoms with Gasteiger partial charge in [0.2, 0.25) is 11.8 Å². The smallest absolute Gasteiger partial charge is 0.320 e. The number of nitrogens with zero attached hydrogens (tertiary/aromatic N) is 4. The first-order chi connectivity index (χ1) is 25.7. The molecule has 0 aliphatic carbocycles. The van der Waals surface area contributed by atoms with E-state index in [2.05, 4.69) is 15.6 Å². The minimum Gasteiger partial charge on any atom is -0.481 e. The highest BCUT2D eigenvalue weighted by atomic mass is 35.5. The number of fused-ring (bicyclic) bond motifs is 1. The fraction of sp³-hybridized carbons (Fsp3) is 0.333. The van der Waals surface area contributed by atoms with Crippen LogP contribution in [0.15, 0.2) is 67.0 Å². The van der Waals surface area contributed by atoms with Gasteiger partial charge in [0.05, 0.1) is 34.7 Å². The van der Waals surface area contributed by atoms with Gasteiger partial charge in [-0.25, -0.2) is 9.97 Å². The van der Waals surface area contributed by atoms with Crippen LogP contribution in [0.4, 0.5) is 0 Å². The summed E-state index contributed by atoms with van der Waals surface area (Å²) in [7, 11) is 1.58. The molecule has 11 nitrogen and oxygen atoms in total. The number of benzene rings is 3. The van der Waals surface area contributed by atoms with Gasteiger partial charge in [-0.3, -0.25) is 14.5 Å². The van der Waals surface area contributed by atoms with Crippen molar-refractivity contribution in [2.24, 2.45) is 0 Å². The summed E-state index contributed by atoms with van der Waals surface area (Å²) < 4.78 is 14.0. The number of halogens is 3. The molecule has 276 valence electrons. The van der Waals surface area contributed by atoms with Crippen LogP contribution in [-0.2, 0) is 22.7 Å². The van der Waals surface area contributed by atoms with Crippen molar-refractivity contribution in [3.05, 3.63) is 87.6 Å². The number of nitrogens with one attached hydrogen (secondary N) is 2. The van der Waals surface area contributed by atoms with Crippen molar-refractivity contribution >= 4 is 57.7 Å². The molecule has 4 heterocycles. The molecule has 2 saturated heterocycles. The quantitative estimate of drug-likeness (QED) is 0.110. The van der Waals surface area contributed by atoms with Crippen LogP contribution in [0.2, 0.25) is 15.1 Å². The number of carboxylic acids is 1. The van der Waals surface area contributed by atoms with Gasteiger partial charge >= 0.3 is 5.97 Å². The highest BCUT2D eigenvalue weighted by Gasteiger charge is 2.28. The third kappa shape index (κ3) is 8.10. The van der Waals surface area contributed by atoms with E-state index in [9.17, 15) is 14.7 Å². The molecule has 2 aliphatic heterocycles. The van der Waals surface area contributed by atoms with Crippen LogP contribution in [0.25, 0.3) is 33.4 Å². The highest BCUT2D eigenvalue weighted by molar-refractivity contribution is 6.38. The summed E-state index contributed by atoms with van der Waals surface area (Å²) in [6.45, 7) is 3.07. The molecule has 0 saturated carbocycles. The molecule has 2 aromatic heterocycles. The molecule has 3 aromatic carbocycles. The lowest BCUT2D eigenvalue weighted by Gasteiger charge is -2.32. The molecule has 53 heavy (non-hydrogen) atoms. The second-order valence-electron chi connectivity index (χ2n) is 13.3. The molecule has 7 rings (SSSR count). The molecular formula is C39H39Cl3N6O5. The van der Waals surface area contributed by atoms with Crippen molar-refractivity contribution in [3.8, 4) is 39.8 Å². The minimum atomic E-state index is -0.783. The third-order valence-corrected chi connectivity index (χ3v) is 10.9. The predicted molar refractivity (Wildman–Crippen MR) is 206 cm³/mol. The van der Waals surface area contributed by atoms with Crippen LogP contribution in [0.1, 0.15) is 37.7 Å². The van der Waals surface area contributed by atoms with Crippen LogP contribution < -0.4 is 20.1 Å². The van der Waals surface area contributed by atoms with Crippen molar-refractivity contribution in [1.29, 1.82) is 0 Å². The lowest BCUT2D eigenvalue weighted by Crippen LogP contribution is -2.45. The summed E-state index contributed by atoms with van der Waals surface area (Å²) in [5, 5.41) is 17.3. The summed E-state index contributed by atoms with van der Waals surface area (Å²) >= 11 is 20.7.